The lowest BCUT2D eigenvalue weighted by atomic mass is 9.94. The van der Waals surface area contributed by atoms with Crippen LogP contribution < -0.4 is 14.2 Å². The molecule has 0 bridgehead atoms. The number of aliphatic hydroxyl groups excluding tert-OH is 1. The Morgan fingerprint density at radius 3 is 2.26 bits per heavy atom. The average Bonchev–Trinajstić information content (AvgIpc) is 3.11. The van der Waals surface area contributed by atoms with E-state index in [1.165, 1.54) is 19.1 Å². The van der Waals surface area contributed by atoms with Gasteiger partial charge in [-0.25, -0.2) is 0 Å². The molecule has 182 valence electrons. The number of unbranched alkanes of at least 4 members (excludes halogenated alkanes) is 2. The molecule has 2 aromatic rings. The Morgan fingerprint density at radius 1 is 0.941 bits per heavy atom. The number of methoxy groups -OCH3 is 2. The van der Waals surface area contributed by atoms with Gasteiger partial charge in [0.25, 0.3) is 11.7 Å². The Hall–Kier alpha value is -3.48. The number of hydrogen-bond acceptors (Lipinski definition) is 6. The summed E-state index contributed by atoms with van der Waals surface area (Å²) in [7, 11) is 2.99. The molecular formula is C27H33NO6. The first-order valence-corrected chi connectivity index (χ1v) is 11.7. The minimum Gasteiger partial charge on any atom is -0.507 e. The van der Waals surface area contributed by atoms with E-state index >= 15 is 0 Å². The van der Waals surface area contributed by atoms with Crippen molar-refractivity contribution in [2.75, 3.05) is 27.4 Å². The Morgan fingerprint density at radius 2 is 1.65 bits per heavy atom. The van der Waals surface area contributed by atoms with Gasteiger partial charge < -0.3 is 24.2 Å². The third-order valence-corrected chi connectivity index (χ3v) is 5.88. The van der Waals surface area contributed by atoms with E-state index < -0.39 is 17.7 Å². The molecule has 1 aliphatic rings. The summed E-state index contributed by atoms with van der Waals surface area (Å²) >= 11 is 0. The van der Waals surface area contributed by atoms with Crippen molar-refractivity contribution in [3.63, 3.8) is 0 Å². The van der Waals surface area contributed by atoms with Crippen LogP contribution in [0.1, 0.15) is 56.7 Å². The molecular weight excluding hydrogens is 434 g/mol. The monoisotopic (exact) mass is 467 g/mol. The van der Waals surface area contributed by atoms with Crippen molar-refractivity contribution in [3.05, 3.63) is 59.2 Å². The van der Waals surface area contributed by atoms with Gasteiger partial charge in [0, 0.05) is 6.54 Å². The number of Topliss-reactive ketones (excluding diaryl/α,β-unsaturated/α-hetero) is 1. The summed E-state index contributed by atoms with van der Waals surface area (Å²) in [6.45, 7) is 5.10. The number of carbonyl (C=O) groups is 2. The summed E-state index contributed by atoms with van der Waals surface area (Å²) < 4.78 is 16.5. The van der Waals surface area contributed by atoms with Crippen molar-refractivity contribution in [3.8, 4) is 17.2 Å². The SMILES string of the molecule is CCCCCOc1ccc(C2/C(=C(\O)c3cc(OC)ccc3OC)C(=O)C(=O)N2CCC)cc1. The quantitative estimate of drug-likeness (QED) is 0.214. The molecule has 34 heavy (non-hydrogen) atoms. The second kappa shape index (κ2) is 11.6. The molecule has 2 aromatic carbocycles. The van der Waals surface area contributed by atoms with Crippen LogP contribution in [-0.4, -0.2) is 49.1 Å². The smallest absolute Gasteiger partial charge is 0.295 e. The number of likely N-dealkylation sites (tertiary alicyclic amines) is 1. The lowest BCUT2D eigenvalue weighted by Gasteiger charge is -2.25. The third-order valence-electron chi connectivity index (χ3n) is 5.88. The highest BCUT2D eigenvalue weighted by Gasteiger charge is 2.46. The van der Waals surface area contributed by atoms with Crippen LogP contribution in [-0.2, 0) is 9.59 Å². The first-order valence-electron chi connectivity index (χ1n) is 11.7. The number of aliphatic hydroxyl groups is 1. The van der Waals surface area contributed by atoms with Gasteiger partial charge in [-0.2, -0.15) is 0 Å². The molecule has 1 fully saturated rings. The van der Waals surface area contributed by atoms with E-state index in [9.17, 15) is 14.7 Å². The molecule has 1 atom stereocenters. The van der Waals surface area contributed by atoms with Crippen LogP contribution in [0.3, 0.4) is 0 Å². The molecule has 0 radical (unpaired) electrons. The van der Waals surface area contributed by atoms with Crippen molar-refractivity contribution in [1.82, 2.24) is 4.90 Å². The largest absolute Gasteiger partial charge is 0.507 e. The van der Waals surface area contributed by atoms with Crippen LogP contribution in [0.4, 0.5) is 0 Å². The number of rotatable bonds is 11. The van der Waals surface area contributed by atoms with E-state index in [1.807, 2.05) is 31.2 Å². The molecule has 1 saturated heterocycles. The summed E-state index contributed by atoms with van der Waals surface area (Å²) in [5, 5.41) is 11.3. The number of ketones is 1. The van der Waals surface area contributed by atoms with Gasteiger partial charge in [0.15, 0.2) is 0 Å². The predicted octanol–water partition coefficient (Wildman–Crippen LogP) is 5.10. The number of hydrogen-bond donors (Lipinski definition) is 1. The maximum atomic E-state index is 13.1. The second-order valence-electron chi connectivity index (χ2n) is 8.18. The maximum Gasteiger partial charge on any atom is 0.295 e. The fraction of sp³-hybridized carbons (Fsp3) is 0.407. The van der Waals surface area contributed by atoms with E-state index in [4.69, 9.17) is 14.2 Å². The van der Waals surface area contributed by atoms with Crippen LogP contribution in [0.2, 0.25) is 0 Å². The summed E-state index contributed by atoms with van der Waals surface area (Å²) in [5.41, 5.74) is 1.04. The molecule has 1 heterocycles. The van der Waals surface area contributed by atoms with Gasteiger partial charge >= 0.3 is 0 Å². The maximum absolute atomic E-state index is 13.1. The zero-order valence-corrected chi connectivity index (χ0v) is 20.3. The fourth-order valence-corrected chi connectivity index (χ4v) is 4.13. The molecule has 0 spiro atoms. The molecule has 0 aliphatic carbocycles. The van der Waals surface area contributed by atoms with E-state index in [2.05, 4.69) is 6.92 Å². The molecule has 7 heteroatoms. The molecule has 1 aliphatic heterocycles. The molecule has 1 N–H and O–H groups in total. The molecule has 7 nitrogen and oxygen atoms in total. The normalized spacial score (nSPS) is 17.2. The first-order chi connectivity index (χ1) is 16.5. The van der Waals surface area contributed by atoms with Gasteiger partial charge in [-0.3, -0.25) is 9.59 Å². The average molecular weight is 468 g/mol. The Balaban J connectivity index is 2.05. The van der Waals surface area contributed by atoms with Gasteiger partial charge in [-0.1, -0.05) is 38.8 Å². The van der Waals surface area contributed by atoms with Crippen molar-refractivity contribution in [1.29, 1.82) is 0 Å². The molecule has 3 rings (SSSR count). The highest BCUT2D eigenvalue weighted by molar-refractivity contribution is 6.46. The minimum absolute atomic E-state index is 0.0293. The summed E-state index contributed by atoms with van der Waals surface area (Å²) in [6, 6.07) is 11.6. The summed E-state index contributed by atoms with van der Waals surface area (Å²) in [4.78, 5) is 27.5. The van der Waals surface area contributed by atoms with Crippen LogP contribution in [0, 0.1) is 0 Å². The number of carbonyl (C=O) groups excluding carboxylic acids is 2. The van der Waals surface area contributed by atoms with E-state index in [0.29, 0.717) is 31.1 Å². The van der Waals surface area contributed by atoms with Crippen LogP contribution >= 0.6 is 0 Å². The topological polar surface area (TPSA) is 85.3 Å². The van der Waals surface area contributed by atoms with Crippen LogP contribution in [0.15, 0.2) is 48.0 Å². The van der Waals surface area contributed by atoms with Crippen molar-refractivity contribution in [2.24, 2.45) is 0 Å². The van der Waals surface area contributed by atoms with Gasteiger partial charge in [-0.05, 0) is 48.7 Å². The third kappa shape index (κ3) is 5.19. The lowest BCUT2D eigenvalue weighted by molar-refractivity contribution is -0.139. The minimum atomic E-state index is -0.722. The van der Waals surface area contributed by atoms with Gasteiger partial charge in [-0.15, -0.1) is 0 Å². The highest BCUT2D eigenvalue weighted by atomic mass is 16.5. The number of ether oxygens (including phenoxy) is 3. The van der Waals surface area contributed by atoms with E-state index in [0.717, 1.165) is 30.6 Å². The van der Waals surface area contributed by atoms with Gasteiger partial charge in [0.1, 0.15) is 23.0 Å². The Kier molecular flexibility index (Phi) is 8.57. The zero-order valence-electron chi connectivity index (χ0n) is 20.3. The van der Waals surface area contributed by atoms with Crippen LogP contribution in [0.25, 0.3) is 5.76 Å². The zero-order chi connectivity index (χ0) is 24.7. The lowest BCUT2D eigenvalue weighted by Crippen LogP contribution is -2.30. The number of nitrogens with zero attached hydrogens (tertiary/aromatic N) is 1. The predicted molar refractivity (Wildman–Crippen MR) is 130 cm³/mol. The molecule has 0 saturated carbocycles. The molecule has 0 aromatic heterocycles. The highest BCUT2D eigenvalue weighted by Crippen LogP contribution is 2.42. The van der Waals surface area contributed by atoms with Crippen molar-refractivity contribution in [2.45, 2.75) is 45.6 Å². The fourth-order valence-electron chi connectivity index (χ4n) is 4.13. The standard InChI is InChI=1S/C27H33NO6/c1-5-7-8-16-34-19-11-9-18(10-12-19)24-23(26(30)27(31)28(24)15-6-2)25(29)21-17-20(32-3)13-14-22(21)33-4/h9-14,17,24,29H,5-8,15-16H2,1-4H3/b25-23+. The Labute approximate surface area is 200 Å². The summed E-state index contributed by atoms with van der Waals surface area (Å²) in [6.07, 6.45) is 3.88. The Bertz CT molecular complexity index is 1040. The molecule has 1 amide bonds. The van der Waals surface area contributed by atoms with E-state index in [-0.39, 0.29) is 16.9 Å². The van der Waals surface area contributed by atoms with Crippen LogP contribution in [0.5, 0.6) is 17.2 Å². The van der Waals surface area contributed by atoms with Gasteiger partial charge in [0.05, 0.1) is 38.0 Å². The molecule has 1 unspecified atom stereocenters. The second-order valence-corrected chi connectivity index (χ2v) is 8.18. The van der Waals surface area contributed by atoms with Crippen molar-refractivity contribution >= 4 is 17.4 Å². The number of benzene rings is 2. The first kappa shape index (κ1) is 25.1. The van der Waals surface area contributed by atoms with E-state index in [1.54, 1.807) is 18.2 Å². The van der Waals surface area contributed by atoms with Crippen molar-refractivity contribution < 1.29 is 28.9 Å². The number of amides is 1. The summed E-state index contributed by atoms with van der Waals surface area (Å²) in [5.74, 6) is -0.0592. The van der Waals surface area contributed by atoms with Gasteiger partial charge in [0.2, 0.25) is 0 Å².